The molecule has 7 rings (SSSR count). The summed E-state index contributed by atoms with van der Waals surface area (Å²) in [7, 11) is 3.55. The molecule has 2 atom stereocenters. The van der Waals surface area contributed by atoms with Crippen LogP contribution in [-0.2, 0) is 16.1 Å². The number of nitrogens with one attached hydrogen (secondary N) is 1. The number of benzene rings is 1. The molecule has 1 aliphatic heterocycles. The lowest BCUT2D eigenvalue weighted by atomic mass is 10.1. The highest BCUT2D eigenvalue weighted by Gasteiger charge is 2.39. The van der Waals surface area contributed by atoms with E-state index in [4.69, 9.17) is 14.5 Å². The van der Waals surface area contributed by atoms with E-state index in [1.807, 2.05) is 43.1 Å². The van der Waals surface area contributed by atoms with Gasteiger partial charge in [0.15, 0.2) is 28.9 Å². The third-order valence-electron chi connectivity index (χ3n) is 8.24. The molecule has 0 bridgehead atoms. The van der Waals surface area contributed by atoms with Gasteiger partial charge in [0.1, 0.15) is 11.3 Å². The van der Waals surface area contributed by atoms with E-state index in [9.17, 15) is 4.79 Å². The van der Waals surface area contributed by atoms with Crippen LogP contribution in [0.3, 0.4) is 0 Å². The third kappa shape index (κ3) is 5.34. The molecule has 0 spiro atoms. The van der Waals surface area contributed by atoms with Gasteiger partial charge in [0.2, 0.25) is 5.91 Å². The van der Waals surface area contributed by atoms with E-state index in [1.54, 1.807) is 25.6 Å². The molecule has 5 aromatic rings. The monoisotopic (exact) mass is 597 g/mol. The van der Waals surface area contributed by atoms with Gasteiger partial charge in [-0.25, -0.2) is 18.9 Å². The topological polar surface area (TPSA) is 123 Å². The summed E-state index contributed by atoms with van der Waals surface area (Å²) < 4.78 is 27.5. The number of halogens is 1. The van der Waals surface area contributed by atoms with Crippen molar-refractivity contribution in [3.05, 3.63) is 60.2 Å². The Labute approximate surface area is 252 Å². The maximum Gasteiger partial charge on any atom is 0.228 e. The minimum absolute atomic E-state index is 0.0284. The van der Waals surface area contributed by atoms with Crippen LogP contribution < -0.4 is 19.9 Å². The first kappa shape index (κ1) is 27.9. The molecule has 1 N–H and O–H groups in total. The van der Waals surface area contributed by atoms with E-state index in [0.29, 0.717) is 72.6 Å². The maximum absolute atomic E-state index is 15.3. The number of hydrogen-bond donors (Lipinski definition) is 1. The van der Waals surface area contributed by atoms with Gasteiger partial charge in [-0.3, -0.25) is 4.79 Å². The quantitative estimate of drug-likeness (QED) is 0.281. The first-order valence-electron chi connectivity index (χ1n) is 14.6. The molecule has 0 radical (unpaired) electrons. The number of amides is 1. The number of pyridine rings is 2. The number of morpholine rings is 1. The number of hydrogen-bond acceptors (Lipinski definition) is 10. The van der Waals surface area contributed by atoms with Crippen LogP contribution in [0.2, 0.25) is 0 Å². The van der Waals surface area contributed by atoms with Gasteiger partial charge in [-0.2, -0.15) is 0 Å². The van der Waals surface area contributed by atoms with Crippen LogP contribution in [0.5, 0.6) is 5.75 Å². The summed E-state index contributed by atoms with van der Waals surface area (Å²) in [6, 6.07) is 11.0. The predicted octanol–water partition coefficient (Wildman–Crippen LogP) is 3.95. The Morgan fingerprint density at radius 1 is 1.18 bits per heavy atom. The van der Waals surface area contributed by atoms with Crippen LogP contribution in [0.4, 0.5) is 21.7 Å². The fraction of sp³-hybridized carbons (Fsp3) is 0.355. The molecule has 1 saturated carbocycles. The molecule has 2 fully saturated rings. The van der Waals surface area contributed by atoms with Gasteiger partial charge in [-0.1, -0.05) is 19.1 Å². The van der Waals surface area contributed by atoms with Crippen LogP contribution in [0.15, 0.2) is 48.8 Å². The molecule has 1 aliphatic carbocycles. The lowest BCUT2D eigenvalue weighted by Gasteiger charge is -2.28. The highest BCUT2D eigenvalue weighted by molar-refractivity contribution is 6.01. The van der Waals surface area contributed by atoms with Crippen LogP contribution in [0.1, 0.15) is 18.9 Å². The van der Waals surface area contributed by atoms with E-state index < -0.39 is 5.82 Å². The maximum atomic E-state index is 15.3. The van der Waals surface area contributed by atoms with Gasteiger partial charge >= 0.3 is 0 Å². The summed E-state index contributed by atoms with van der Waals surface area (Å²) in [6.45, 7) is 5.09. The van der Waals surface area contributed by atoms with E-state index >= 15 is 4.39 Å². The molecule has 1 aromatic carbocycles. The summed E-state index contributed by atoms with van der Waals surface area (Å²) in [4.78, 5) is 26.0. The number of anilines is 3. The molecule has 12 nitrogen and oxygen atoms in total. The Kier molecular flexibility index (Phi) is 7.17. The molecule has 226 valence electrons. The van der Waals surface area contributed by atoms with Crippen molar-refractivity contribution < 1.29 is 18.7 Å². The predicted molar refractivity (Wildman–Crippen MR) is 163 cm³/mol. The van der Waals surface area contributed by atoms with E-state index in [1.165, 1.54) is 10.6 Å². The van der Waals surface area contributed by atoms with Crippen LogP contribution in [0, 0.1) is 17.7 Å². The average molecular weight is 598 g/mol. The number of nitrogens with zero attached hydrogens (tertiary/aromatic N) is 8. The molecule has 13 heteroatoms. The number of methoxy groups -OCH3 is 1. The van der Waals surface area contributed by atoms with E-state index in [0.717, 1.165) is 17.7 Å². The second kappa shape index (κ2) is 11.3. The summed E-state index contributed by atoms with van der Waals surface area (Å²) in [5.74, 6) is 1.73. The van der Waals surface area contributed by atoms with Gasteiger partial charge in [0.05, 0.1) is 32.2 Å². The largest absolute Gasteiger partial charge is 0.497 e. The highest BCUT2D eigenvalue weighted by Crippen LogP contribution is 2.39. The SMILES string of the molecule is COc1ccc(CN(C)c2ncc(-c3nc4c(F)cc(N5CCOCC5)cn4n3)c3cc(NC(=O)[C@H]4C[C@H]4C)nnc23)cc1. The first-order valence-corrected chi connectivity index (χ1v) is 14.6. The second-order valence-electron chi connectivity index (χ2n) is 11.3. The Hall–Kier alpha value is -4.91. The lowest BCUT2D eigenvalue weighted by molar-refractivity contribution is -0.117. The summed E-state index contributed by atoms with van der Waals surface area (Å²) in [5.41, 5.74) is 2.91. The lowest BCUT2D eigenvalue weighted by Crippen LogP contribution is -2.36. The molecule has 4 aromatic heterocycles. The van der Waals surface area contributed by atoms with Crippen molar-refractivity contribution in [1.82, 2.24) is 29.8 Å². The zero-order valence-corrected chi connectivity index (χ0v) is 24.7. The second-order valence-corrected chi connectivity index (χ2v) is 11.3. The van der Waals surface area contributed by atoms with Gasteiger partial charge in [0.25, 0.3) is 0 Å². The van der Waals surface area contributed by atoms with Crippen molar-refractivity contribution in [2.45, 2.75) is 19.9 Å². The average Bonchev–Trinajstić information content (AvgIpc) is 3.62. The summed E-state index contributed by atoms with van der Waals surface area (Å²) in [6.07, 6.45) is 4.29. The van der Waals surface area contributed by atoms with Gasteiger partial charge in [-0.05, 0) is 36.1 Å². The van der Waals surface area contributed by atoms with Crippen molar-refractivity contribution in [2.75, 3.05) is 55.6 Å². The normalized spacial score (nSPS) is 18.0. The number of ether oxygens (including phenoxy) is 2. The molecular weight excluding hydrogens is 565 g/mol. The fourth-order valence-electron chi connectivity index (χ4n) is 5.56. The number of fused-ring (bicyclic) bond motifs is 2. The van der Waals surface area contributed by atoms with Crippen molar-refractivity contribution in [3.8, 4) is 17.1 Å². The van der Waals surface area contributed by atoms with E-state index in [-0.39, 0.29) is 23.3 Å². The number of carbonyl (C=O) groups excluding carboxylic acids is 1. The molecule has 1 saturated heterocycles. The van der Waals surface area contributed by atoms with Crippen molar-refractivity contribution in [3.63, 3.8) is 0 Å². The van der Waals surface area contributed by atoms with Gasteiger partial charge in [0, 0.05) is 55.8 Å². The zero-order valence-electron chi connectivity index (χ0n) is 24.7. The molecule has 2 aliphatic rings. The number of rotatable bonds is 8. The highest BCUT2D eigenvalue weighted by atomic mass is 19.1. The van der Waals surface area contributed by atoms with Crippen molar-refractivity contribution in [2.24, 2.45) is 11.8 Å². The van der Waals surface area contributed by atoms with Gasteiger partial charge < -0.3 is 24.6 Å². The Morgan fingerprint density at radius 2 is 1.95 bits per heavy atom. The van der Waals surface area contributed by atoms with E-state index in [2.05, 4.69) is 30.5 Å². The Morgan fingerprint density at radius 3 is 2.68 bits per heavy atom. The third-order valence-corrected chi connectivity index (χ3v) is 8.24. The molecule has 5 heterocycles. The van der Waals surface area contributed by atoms with Crippen LogP contribution in [-0.4, -0.2) is 76.1 Å². The molecule has 0 unspecified atom stereocenters. The van der Waals surface area contributed by atoms with Crippen molar-refractivity contribution >= 4 is 39.8 Å². The van der Waals surface area contributed by atoms with Crippen LogP contribution >= 0.6 is 0 Å². The van der Waals surface area contributed by atoms with Crippen molar-refractivity contribution in [1.29, 1.82) is 0 Å². The van der Waals surface area contributed by atoms with Crippen LogP contribution in [0.25, 0.3) is 27.9 Å². The fourth-order valence-corrected chi connectivity index (χ4v) is 5.56. The first-order chi connectivity index (χ1) is 21.4. The smallest absolute Gasteiger partial charge is 0.228 e. The standard InChI is InChI=1S/C31H32FN9O3/c1-18-12-22(18)31(42)34-26-14-23-24(28-35-29-25(32)13-20(17-41(29)38-28)40-8-10-44-11-9-40)15-33-30(27(23)37-36-26)39(2)16-19-4-6-21(43-3)7-5-19/h4-7,13-15,17-18,22H,8-12,16H2,1-3H3,(H,34,36,42)/t18-,22+/m1/s1. The molecule has 44 heavy (non-hydrogen) atoms. The molecular formula is C31H32FN9O3. The minimum Gasteiger partial charge on any atom is -0.497 e. The Bertz CT molecular complexity index is 1860. The Balaban J connectivity index is 1.29. The summed E-state index contributed by atoms with van der Waals surface area (Å²) in [5, 5.41) is 17.0. The minimum atomic E-state index is -0.479. The summed E-state index contributed by atoms with van der Waals surface area (Å²) >= 11 is 0. The number of carbonyl (C=O) groups is 1. The number of aromatic nitrogens is 6. The molecule has 1 amide bonds. The van der Waals surface area contributed by atoms with Gasteiger partial charge in [-0.15, -0.1) is 15.3 Å². The zero-order chi connectivity index (χ0) is 30.4.